The fraction of sp³-hybridized carbons (Fsp3) is 0.385. The van der Waals surface area contributed by atoms with E-state index < -0.39 is 6.10 Å². The van der Waals surface area contributed by atoms with Gasteiger partial charge in [-0.3, -0.25) is 10.1 Å². The van der Waals surface area contributed by atoms with Gasteiger partial charge in [0.15, 0.2) is 5.13 Å². The number of fused-ring (bicyclic) bond motifs is 1. The van der Waals surface area contributed by atoms with E-state index in [9.17, 15) is 4.79 Å². The van der Waals surface area contributed by atoms with Crippen LogP contribution in [0.1, 0.15) is 12.8 Å². The zero-order valence-corrected chi connectivity index (χ0v) is 11.2. The Morgan fingerprint density at radius 3 is 3.05 bits per heavy atom. The second-order valence-corrected chi connectivity index (χ2v) is 5.57. The first-order chi connectivity index (χ1) is 9.26. The summed E-state index contributed by atoms with van der Waals surface area (Å²) in [7, 11) is 0. The summed E-state index contributed by atoms with van der Waals surface area (Å²) in [5.41, 5.74) is 6.43. The molecule has 3 rings (SSSR count). The van der Waals surface area contributed by atoms with Crippen LogP contribution < -0.4 is 11.1 Å². The minimum Gasteiger partial charge on any atom is -0.364 e. The highest BCUT2D eigenvalue weighted by atomic mass is 32.1. The molecule has 3 N–H and O–H groups in total. The monoisotopic (exact) mass is 277 g/mol. The molecule has 1 aromatic carbocycles. The predicted octanol–water partition coefficient (Wildman–Crippen LogP) is 1.74. The van der Waals surface area contributed by atoms with Gasteiger partial charge in [0.05, 0.1) is 16.3 Å². The smallest absolute Gasteiger partial charge is 0.255 e. The van der Waals surface area contributed by atoms with Crippen molar-refractivity contribution in [2.45, 2.75) is 25.0 Å². The van der Waals surface area contributed by atoms with Crippen LogP contribution in [0.4, 0.5) is 5.13 Å². The molecule has 2 atom stereocenters. The van der Waals surface area contributed by atoms with Crippen molar-refractivity contribution in [2.24, 2.45) is 5.73 Å². The summed E-state index contributed by atoms with van der Waals surface area (Å²) in [4.78, 5) is 16.4. The Hall–Kier alpha value is -1.50. The van der Waals surface area contributed by atoms with Crippen LogP contribution in [-0.2, 0) is 9.53 Å². The molecule has 1 aliphatic heterocycles. The maximum absolute atomic E-state index is 12.0. The molecule has 0 aliphatic carbocycles. The lowest BCUT2D eigenvalue weighted by Crippen LogP contribution is -2.29. The van der Waals surface area contributed by atoms with Gasteiger partial charge in [-0.05, 0) is 25.0 Å². The highest BCUT2D eigenvalue weighted by molar-refractivity contribution is 7.22. The number of aromatic nitrogens is 1. The number of hydrogen-bond donors (Lipinski definition) is 2. The van der Waals surface area contributed by atoms with E-state index in [1.807, 2.05) is 24.3 Å². The van der Waals surface area contributed by atoms with Crippen molar-refractivity contribution in [3.8, 4) is 0 Å². The number of benzene rings is 1. The SMILES string of the molecule is NCC1CCC(C(=O)Nc2nc3ccccc3s2)O1. The molecule has 100 valence electrons. The van der Waals surface area contributed by atoms with Gasteiger partial charge in [-0.1, -0.05) is 23.5 Å². The largest absolute Gasteiger partial charge is 0.364 e. The summed E-state index contributed by atoms with van der Waals surface area (Å²) < 4.78 is 6.62. The van der Waals surface area contributed by atoms with Gasteiger partial charge < -0.3 is 10.5 Å². The maximum Gasteiger partial charge on any atom is 0.255 e. The molecule has 1 aliphatic rings. The van der Waals surface area contributed by atoms with E-state index in [0.29, 0.717) is 11.7 Å². The fourth-order valence-electron chi connectivity index (χ4n) is 2.18. The summed E-state index contributed by atoms with van der Waals surface area (Å²) >= 11 is 1.47. The molecule has 2 unspecified atom stereocenters. The summed E-state index contributed by atoms with van der Waals surface area (Å²) in [6.07, 6.45) is 1.17. The molecule has 1 fully saturated rings. The van der Waals surface area contributed by atoms with Crippen molar-refractivity contribution in [1.29, 1.82) is 0 Å². The van der Waals surface area contributed by atoms with Crippen LogP contribution in [0.25, 0.3) is 10.2 Å². The molecule has 0 bridgehead atoms. The average Bonchev–Trinajstić information content (AvgIpc) is 3.04. The third-order valence-corrected chi connectivity index (χ3v) is 4.14. The minimum absolute atomic E-state index is 0.00566. The Balaban J connectivity index is 1.69. The van der Waals surface area contributed by atoms with Gasteiger partial charge in [-0.15, -0.1) is 0 Å². The van der Waals surface area contributed by atoms with Crippen LogP contribution in [0.5, 0.6) is 0 Å². The van der Waals surface area contributed by atoms with Gasteiger partial charge in [-0.25, -0.2) is 4.98 Å². The van der Waals surface area contributed by atoms with Crippen molar-refractivity contribution >= 4 is 32.6 Å². The topological polar surface area (TPSA) is 77.2 Å². The lowest BCUT2D eigenvalue weighted by atomic mass is 10.2. The number of rotatable bonds is 3. The molecule has 1 saturated heterocycles. The fourth-order valence-corrected chi connectivity index (χ4v) is 3.05. The van der Waals surface area contributed by atoms with E-state index >= 15 is 0 Å². The molecular formula is C13H15N3O2S. The van der Waals surface area contributed by atoms with Gasteiger partial charge >= 0.3 is 0 Å². The number of carbonyl (C=O) groups excluding carboxylic acids is 1. The van der Waals surface area contributed by atoms with Crippen molar-refractivity contribution in [3.63, 3.8) is 0 Å². The van der Waals surface area contributed by atoms with E-state index in [1.165, 1.54) is 11.3 Å². The Morgan fingerprint density at radius 1 is 1.47 bits per heavy atom. The average molecular weight is 277 g/mol. The summed E-state index contributed by atoms with van der Waals surface area (Å²) in [6, 6.07) is 7.80. The van der Waals surface area contributed by atoms with Gasteiger partial charge in [0, 0.05) is 6.54 Å². The number of ether oxygens (including phenoxy) is 1. The number of nitrogens with zero attached hydrogens (tertiary/aromatic N) is 1. The number of hydrogen-bond acceptors (Lipinski definition) is 5. The molecule has 5 nitrogen and oxygen atoms in total. The Bertz CT molecular complexity index is 565. The van der Waals surface area contributed by atoms with Crippen molar-refractivity contribution in [3.05, 3.63) is 24.3 Å². The van der Waals surface area contributed by atoms with E-state index in [0.717, 1.165) is 23.1 Å². The lowest BCUT2D eigenvalue weighted by molar-refractivity contribution is -0.126. The minimum atomic E-state index is -0.402. The summed E-state index contributed by atoms with van der Waals surface area (Å²) in [5.74, 6) is -0.130. The highest BCUT2D eigenvalue weighted by Crippen LogP contribution is 2.26. The van der Waals surface area contributed by atoms with Crippen LogP contribution >= 0.6 is 11.3 Å². The van der Waals surface area contributed by atoms with Crippen LogP contribution in [0, 0.1) is 0 Å². The van der Waals surface area contributed by atoms with Crippen molar-refractivity contribution in [1.82, 2.24) is 4.98 Å². The van der Waals surface area contributed by atoms with Gasteiger partial charge in [0.1, 0.15) is 6.10 Å². The third-order valence-electron chi connectivity index (χ3n) is 3.19. The third kappa shape index (κ3) is 2.60. The Labute approximate surface area is 114 Å². The number of thiazole rings is 1. The Morgan fingerprint density at radius 2 is 2.32 bits per heavy atom. The number of amides is 1. The van der Waals surface area contributed by atoms with E-state index in [2.05, 4.69) is 10.3 Å². The zero-order valence-electron chi connectivity index (χ0n) is 10.3. The van der Waals surface area contributed by atoms with E-state index in [1.54, 1.807) is 0 Å². The Kier molecular flexibility index (Phi) is 3.46. The van der Waals surface area contributed by atoms with E-state index in [-0.39, 0.29) is 12.0 Å². The van der Waals surface area contributed by atoms with Gasteiger partial charge in [0.2, 0.25) is 0 Å². The van der Waals surface area contributed by atoms with Gasteiger partial charge in [-0.2, -0.15) is 0 Å². The number of carbonyl (C=O) groups is 1. The van der Waals surface area contributed by atoms with Crippen LogP contribution in [-0.4, -0.2) is 29.6 Å². The first-order valence-electron chi connectivity index (χ1n) is 6.28. The van der Waals surface area contributed by atoms with E-state index in [4.69, 9.17) is 10.5 Å². The van der Waals surface area contributed by atoms with Crippen LogP contribution in [0.15, 0.2) is 24.3 Å². The quantitative estimate of drug-likeness (QED) is 0.896. The number of nitrogens with two attached hydrogens (primary N) is 1. The highest BCUT2D eigenvalue weighted by Gasteiger charge is 2.30. The molecule has 0 radical (unpaired) electrons. The van der Waals surface area contributed by atoms with Crippen molar-refractivity contribution < 1.29 is 9.53 Å². The van der Waals surface area contributed by atoms with Crippen LogP contribution in [0.2, 0.25) is 0 Å². The number of nitrogens with one attached hydrogen (secondary N) is 1. The molecule has 6 heteroatoms. The standard InChI is InChI=1S/C13H15N3O2S/c14-7-8-5-6-10(18-8)12(17)16-13-15-9-3-1-2-4-11(9)19-13/h1-4,8,10H,5-7,14H2,(H,15,16,17). The summed E-state index contributed by atoms with van der Waals surface area (Å²) in [6.45, 7) is 0.463. The second kappa shape index (κ2) is 5.24. The normalized spacial score (nSPS) is 22.8. The molecule has 0 saturated carbocycles. The lowest BCUT2D eigenvalue weighted by Gasteiger charge is -2.10. The molecule has 1 amide bonds. The molecule has 1 aromatic heterocycles. The first kappa shape index (κ1) is 12.5. The zero-order chi connectivity index (χ0) is 13.2. The first-order valence-corrected chi connectivity index (χ1v) is 7.10. The molecular weight excluding hydrogens is 262 g/mol. The summed E-state index contributed by atoms with van der Waals surface area (Å²) in [5, 5.41) is 3.44. The number of anilines is 1. The molecule has 2 heterocycles. The van der Waals surface area contributed by atoms with Crippen molar-refractivity contribution in [2.75, 3.05) is 11.9 Å². The number of para-hydroxylation sites is 1. The van der Waals surface area contributed by atoms with Crippen LogP contribution in [0.3, 0.4) is 0 Å². The molecule has 0 spiro atoms. The maximum atomic E-state index is 12.0. The molecule has 19 heavy (non-hydrogen) atoms. The molecule has 2 aromatic rings. The second-order valence-electron chi connectivity index (χ2n) is 4.54. The van der Waals surface area contributed by atoms with Gasteiger partial charge in [0.25, 0.3) is 5.91 Å². The predicted molar refractivity (Wildman–Crippen MR) is 75.2 cm³/mol.